The summed E-state index contributed by atoms with van der Waals surface area (Å²) in [6.07, 6.45) is 2.09. The molecule has 0 spiro atoms. The van der Waals surface area contributed by atoms with Crippen molar-refractivity contribution in [2.75, 3.05) is 38.1 Å². The zero-order chi connectivity index (χ0) is 23.6. The molecule has 2 aromatic carbocycles. The lowest BCUT2D eigenvalue weighted by Gasteiger charge is -2.33. The van der Waals surface area contributed by atoms with Crippen molar-refractivity contribution in [2.24, 2.45) is 0 Å². The number of amides is 4. The van der Waals surface area contributed by atoms with Gasteiger partial charge in [-0.2, -0.15) is 0 Å². The fourth-order valence-electron chi connectivity index (χ4n) is 3.25. The highest BCUT2D eigenvalue weighted by atomic mass is 35.5. The maximum atomic E-state index is 12.5. The van der Waals surface area contributed by atoms with Gasteiger partial charge in [0, 0.05) is 30.3 Å². The highest BCUT2D eigenvalue weighted by Gasteiger charge is 2.28. The van der Waals surface area contributed by atoms with Crippen LogP contribution in [0, 0.1) is 0 Å². The third-order valence-electron chi connectivity index (χ3n) is 5.22. The minimum atomic E-state index is -0.364. The van der Waals surface area contributed by atoms with Crippen LogP contribution in [0.3, 0.4) is 0 Å². The number of urea groups is 1. The number of nitrogens with one attached hydrogen (secondary N) is 2. The van der Waals surface area contributed by atoms with Gasteiger partial charge in [0.15, 0.2) is 0 Å². The molecule has 1 aliphatic rings. The third-order valence-corrected chi connectivity index (χ3v) is 5.47. The first-order valence-corrected chi connectivity index (χ1v) is 11.4. The van der Waals surface area contributed by atoms with Gasteiger partial charge < -0.3 is 25.2 Å². The summed E-state index contributed by atoms with van der Waals surface area (Å²) >= 11 is 5.85. The average Bonchev–Trinajstić information content (AvgIpc) is 2.81. The van der Waals surface area contributed by atoms with E-state index in [1.54, 1.807) is 24.3 Å². The van der Waals surface area contributed by atoms with Crippen LogP contribution in [0.1, 0.15) is 25.3 Å². The van der Waals surface area contributed by atoms with E-state index in [0.717, 1.165) is 24.2 Å². The molecule has 1 fully saturated rings. The summed E-state index contributed by atoms with van der Waals surface area (Å²) in [5.41, 5.74) is 1.54. The molecular weight excluding hydrogens is 444 g/mol. The van der Waals surface area contributed by atoms with Crippen molar-refractivity contribution < 1.29 is 19.1 Å². The molecule has 9 heteroatoms. The highest BCUT2D eigenvalue weighted by Crippen LogP contribution is 2.15. The van der Waals surface area contributed by atoms with Gasteiger partial charge in [0.2, 0.25) is 11.8 Å². The number of ether oxygens (including phenoxy) is 1. The summed E-state index contributed by atoms with van der Waals surface area (Å²) < 4.78 is 5.63. The number of hydrogen-bond donors (Lipinski definition) is 2. The molecule has 33 heavy (non-hydrogen) atoms. The lowest BCUT2D eigenvalue weighted by atomic mass is 10.2. The normalized spacial score (nSPS) is 13.6. The van der Waals surface area contributed by atoms with E-state index in [-0.39, 0.29) is 30.9 Å². The second-order valence-electron chi connectivity index (χ2n) is 7.80. The molecule has 1 heterocycles. The van der Waals surface area contributed by atoms with Crippen molar-refractivity contribution in [3.05, 3.63) is 59.1 Å². The van der Waals surface area contributed by atoms with Gasteiger partial charge in [-0.05, 0) is 48.4 Å². The minimum absolute atomic E-state index is 0.0380. The largest absolute Gasteiger partial charge is 0.494 e. The quantitative estimate of drug-likeness (QED) is 0.546. The highest BCUT2D eigenvalue weighted by molar-refractivity contribution is 6.30. The Balaban J connectivity index is 1.39. The maximum Gasteiger partial charge on any atom is 0.322 e. The monoisotopic (exact) mass is 472 g/mol. The first-order valence-electron chi connectivity index (χ1n) is 11.0. The van der Waals surface area contributed by atoms with E-state index in [1.165, 1.54) is 9.80 Å². The molecule has 2 N–H and O–H groups in total. The van der Waals surface area contributed by atoms with Crippen molar-refractivity contribution in [2.45, 2.75) is 26.3 Å². The van der Waals surface area contributed by atoms with E-state index in [0.29, 0.717) is 37.0 Å². The number of benzene rings is 2. The number of hydrogen-bond acceptors (Lipinski definition) is 4. The zero-order valence-corrected chi connectivity index (χ0v) is 19.4. The molecule has 8 nitrogen and oxygen atoms in total. The predicted octanol–water partition coefficient (Wildman–Crippen LogP) is 3.51. The van der Waals surface area contributed by atoms with Gasteiger partial charge in [-0.25, -0.2) is 4.79 Å². The van der Waals surface area contributed by atoms with Gasteiger partial charge in [-0.1, -0.05) is 37.1 Å². The molecule has 0 radical (unpaired) electrons. The Bertz CT molecular complexity index is 950. The number of carbonyl (C=O) groups is 3. The summed E-state index contributed by atoms with van der Waals surface area (Å²) in [6, 6.07) is 13.9. The standard InChI is InChI=1S/C24H29ClN4O4/c1-2-3-14-33-21-10-4-18(5-11-21)15-26-22(30)16-28-12-13-29(17-23(28)31)24(32)27-20-8-6-19(25)7-9-20/h4-11H,2-3,12-17H2,1H3,(H,26,30)(H,27,32). The number of halogens is 1. The number of rotatable bonds is 9. The van der Waals surface area contributed by atoms with Crippen LogP contribution in [0.15, 0.2) is 48.5 Å². The smallest absolute Gasteiger partial charge is 0.322 e. The Morgan fingerprint density at radius 2 is 1.79 bits per heavy atom. The summed E-state index contributed by atoms with van der Waals surface area (Å²) in [5.74, 6) is 0.295. The van der Waals surface area contributed by atoms with E-state index < -0.39 is 0 Å². The van der Waals surface area contributed by atoms with Crippen molar-refractivity contribution in [1.29, 1.82) is 0 Å². The van der Waals surface area contributed by atoms with E-state index in [2.05, 4.69) is 17.6 Å². The molecule has 1 saturated heterocycles. The summed E-state index contributed by atoms with van der Waals surface area (Å²) in [7, 11) is 0. The van der Waals surface area contributed by atoms with Gasteiger partial charge in [0.05, 0.1) is 13.2 Å². The maximum absolute atomic E-state index is 12.5. The van der Waals surface area contributed by atoms with Gasteiger partial charge in [0.1, 0.15) is 12.3 Å². The topological polar surface area (TPSA) is 91.0 Å². The van der Waals surface area contributed by atoms with Crippen molar-refractivity contribution in [3.8, 4) is 5.75 Å². The second kappa shape index (κ2) is 12.1. The Labute approximate surface area is 198 Å². The minimum Gasteiger partial charge on any atom is -0.494 e. The van der Waals surface area contributed by atoms with E-state index in [1.807, 2.05) is 24.3 Å². The number of piperazine rings is 1. The predicted molar refractivity (Wildman–Crippen MR) is 127 cm³/mol. The molecule has 1 aliphatic heterocycles. The molecule has 0 unspecified atom stereocenters. The molecule has 0 bridgehead atoms. The molecule has 0 atom stereocenters. The van der Waals surface area contributed by atoms with Crippen molar-refractivity contribution >= 4 is 35.1 Å². The summed E-state index contributed by atoms with van der Waals surface area (Å²) in [6.45, 7) is 3.70. The van der Waals surface area contributed by atoms with Crippen LogP contribution in [0.4, 0.5) is 10.5 Å². The van der Waals surface area contributed by atoms with E-state index in [4.69, 9.17) is 16.3 Å². The fraction of sp³-hybridized carbons (Fsp3) is 0.375. The fourth-order valence-corrected chi connectivity index (χ4v) is 3.38. The first kappa shape index (κ1) is 24.4. The van der Waals surface area contributed by atoms with E-state index in [9.17, 15) is 14.4 Å². The Kier molecular flexibility index (Phi) is 8.95. The lowest BCUT2D eigenvalue weighted by molar-refractivity contribution is -0.139. The number of unbranched alkanes of at least 4 members (excludes halogenated alkanes) is 1. The molecular formula is C24H29ClN4O4. The first-order chi connectivity index (χ1) is 15.9. The van der Waals surface area contributed by atoms with Crippen molar-refractivity contribution in [3.63, 3.8) is 0 Å². The van der Waals surface area contributed by atoms with Crippen LogP contribution >= 0.6 is 11.6 Å². The van der Waals surface area contributed by atoms with E-state index >= 15 is 0 Å². The SMILES string of the molecule is CCCCOc1ccc(CNC(=O)CN2CCN(C(=O)Nc3ccc(Cl)cc3)CC2=O)cc1. The zero-order valence-electron chi connectivity index (χ0n) is 18.7. The van der Waals surface area contributed by atoms with Crippen LogP contribution in [0.25, 0.3) is 0 Å². The van der Waals surface area contributed by atoms with Crippen molar-refractivity contribution in [1.82, 2.24) is 15.1 Å². The summed E-state index contributed by atoms with van der Waals surface area (Å²) in [4.78, 5) is 40.1. The lowest BCUT2D eigenvalue weighted by Crippen LogP contribution is -2.55. The Hall–Kier alpha value is -3.26. The van der Waals surface area contributed by atoms with Gasteiger partial charge in [-0.15, -0.1) is 0 Å². The second-order valence-corrected chi connectivity index (χ2v) is 8.23. The van der Waals surface area contributed by atoms with Crippen LogP contribution in [0.2, 0.25) is 5.02 Å². The van der Waals surface area contributed by atoms with Crippen LogP contribution in [-0.2, 0) is 16.1 Å². The molecule has 0 saturated carbocycles. The number of nitrogens with zero attached hydrogens (tertiary/aromatic N) is 2. The molecule has 3 rings (SSSR count). The van der Waals surface area contributed by atoms with Crippen LogP contribution in [0.5, 0.6) is 5.75 Å². The Morgan fingerprint density at radius 1 is 1.06 bits per heavy atom. The van der Waals surface area contributed by atoms with Crippen LogP contribution < -0.4 is 15.4 Å². The number of carbonyl (C=O) groups excluding carboxylic acids is 3. The van der Waals surface area contributed by atoms with Gasteiger partial charge in [-0.3, -0.25) is 9.59 Å². The van der Waals surface area contributed by atoms with Crippen LogP contribution in [-0.4, -0.2) is 60.4 Å². The van der Waals surface area contributed by atoms with Gasteiger partial charge in [0.25, 0.3) is 0 Å². The molecule has 0 aliphatic carbocycles. The third kappa shape index (κ3) is 7.68. The molecule has 4 amide bonds. The average molecular weight is 473 g/mol. The summed E-state index contributed by atoms with van der Waals surface area (Å²) in [5, 5.41) is 6.15. The number of anilines is 1. The molecule has 0 aromatic heterocycles. The van der Waals surface area contributed by atoms with Gasteiger partial charge >= 0.3 is 6.03 Å². The molecule has 176 valence electrons. The molecule has 2 aromatic rings. The Morgan fingerprint density at radius 3 is 2.45 bits per heavy atom.